The van der Waals surface area contributed by atoms with Crippen LogP contribution in [-0.4, -0.2) is 17.4 Å². The second-order valence-corrected chi connectivity index (χ2v) is 3.50. The van der Waals surface area contributed by atoms with Crippen LogP contribution in [0.25, 0.3) is 0 Å². The summed E-state index contributed by atoms with van der Waals surface area (Å²) in [4.78, 5) is 0. The summed E-state index contributed by atoms with van der Waals surface area (Å²) in [6.45, 7) is 2.86. The highest BCUT2D eigenvalue weighted by Gasteiger charge is 2.16. The van der Waals surface area contributed by atoms with E-state index in [4.69, 9.17) is 9.84 Å². The van der Waals surface area contributed by atoms with Gasteiger partial charge in [-0.25, -0.2) is 4.39 Å². The molecule has 0 aliphatic heterocycles. The smallest absolute Gasteiger partial charge is 0.139 e. The lowest BCUT2D eigenvalue weighted by atomic mass is 10.2. The van der Waals surface area contributed by atoms with E-state index >= 15 is 0 Å². The second-order valence-electron chi connectivity index (χ2n) is 3.50. The number of hydrogen-bond donors (Lipinski definition) is 1. The summed E-state index contributed by atoms with van der Waals surface area (Å²) >= 11 is 0. The molecule has 1 rings (SSSR count). The monoisotopic (exact) mass is 184 g/mol. The van der Waals surface area contributed by atoms with Gasteiger partial charge in [-0.3, -0.25) is 0 Å². The Morgan fingerprint density at radius 1 is 1.46 bits per heavy atom. The summed E-state index contributed by atoms with van der Waals surface area (Å²) in [7, 11) is 0. The largest absolute Gasteiger partial charge is 0.508 e. The summed E-state index contributed by atoms with van der Waals surface area (Å²) in [5.74, 6) is 0.597. The number of ether oxygens (including phenoxy) is 1. The maximum atomic E-state index is 13.0. The maximum absolute atomic E-state index is 13.0. The third kappa shape index (κ3) is 3.78. The van der Waals surface area contributed by atoms with Crippen molar-refractivity contribution in [2.24, 2.45) is 0 Å². The number of phenols is 1. The average Bonchev–Trinajstić information content (AvgIpc) is 2.00. The third-order valence-corrected chi connectivity index (χ3v) is 1.40. The van der Waals surface area contributed by atoms with Gasteiger partial charge < -0.3 is 9.84 Å². The third-order valence-electron chi connectivity index (χ3n) is 1.40. The van der Waals surface area contributed by atoms with E-state index in [1.807, 2.05) is 0 Å². The van der Waals surface area contributed by atoms with Crippen LogP contribution in [0.15, 0.2) is 24.3 Å². The van der Waals surface area contributed by atoms with E-state index in [1.54, 1.807) is 12.1 Å². The van der Waals surface area contributed by atoms with Crippen molar-refractivity contribution < 1.29 is 14.2 Å². The Kier molecular flexibility index (Phi) is 2.76. The number of benzene rings is 1. The summed E-state index contributed by atoms with van der Waals surface area (Å²) < 4.78 is 18.1. The maximum Gasteiger partial charge on any atom is 0.139 e. The van der Waals surface area contributed by atoms with Gasteiger partial charge in [0.2, 0.25) is 0 Å². The van der Waals surface area contributed by atoms with Crippen molar-refractivity contribution >= 4 is 0 Å². The average molecular weight is 184 g/mol. The van der Waals surface area contributed by atoms with Crippen LogP contribution in [0.1, 0.15) is 13.8 Å². The van der Waals surface area contributed by atoms with Crippen LogP contribution >= 0.6 is 0 Å². The zero-order chi connectivity index (χ0) is 9.90. The van der Waals surface area contributed by atoms with Crippen molar-refractivity contribution in [3.05, 3.63) is 24.3 Å². The number of rotatable bonds is 3. The molecule has 0 saturated heterocycles. The molecule has 0 aliphatic carbocycles. The van der Waals surface area contributed by atoms with E-state index in [-0.39, 0.29) is 12.4 Å². The molecule has 1 aromatic rings. The highest BCUT2D eigenvalue weighted by atomic mass is 19.1. The predicted molar refractivity (Wildman–Crippen MR) is 48.8 cm³/mol. The molecule has 0 aliphatic rings. The van der Waals surface area contributed by atoms with Crippen LogP contribution < -0.4 is 4.74 Å². The molecular formula is C10H13FO2. The molecule has 0 saturated carbocycles. The molecule has 1 aromatic carbocycles. The van der Waals surface area contributed by atoms with E-state index in [2.05, 4.69) is 0 Å². The normalized spacial score (nSPS) is 11.3. The molecule has 2 nitrogen and oxygen atoms in total. The molecular weight excluding hydrogens is 171 g/mol. The molecule has 0 fully saturated rings. The Hall–Kier alpha value is -1.25. The first-order valence-electron chi connectivity index (χ1n) is 4.08. The van der Waals surface area contributed by atoms with Gasteiger partial charge in [0.1, 0.15) is 23.8 Å². The molecule has 0 unspecified atom stereocenters. The summed E-state index contributed by atoms with van der Waals surface area (Å²) in [5.41, 5.74) is -1.36. The molecule has 13 heavy (non-hydrogen) atoms. The second kappa shape index (κ2) is 3.64. The number of halogens is 1. The molecule has 3 heteroatoms. The van der Waals surface area contributed by atoms with Crippen LogP contribution in [0, 0.1) is 0 Å². The van der Waals surface area contributed by atoms with Gasteiger partial charge in [-0.1, -0.05) is 6.07 Å². The number of aromatic hydroxyl groups is 1. The van der Waals surface area contributed by atoms with Crippen molar-refractivity contribution in [2.75, 3.05) is 6.61 Å². The predicted octanol–water partition coefficient (Wildman–Crippen LogP) is 2.52. The molecule has 0 aromatic heterocycles. The summed E-state index contributed by atoms with van der Waals surface area (Å²) in [6, 6.07) is 6.31. The number of hydrogen-bond acceptors (Lipinski definition) is 2. The zero-order valence-electron chi connectivity index (χ0n) is 7.75. The Morgan fingerprint density at radius 3 is 2.69 bits per heavy atom. The van der Waals surface area contributed by atoms with Gasteiger partial charge in [0, 0.05) is 6.07 Å². The van der Waals surface area contributed by atoms with E-state index in [0.717, 1.165) is 0 Å². The van der Waals surface area contributed by atoms with Crippen LogP contribution in [0.4, 0.5) is 4.39 Å². The summed E-state index contributed by atoms with van der Waals surface area (Å²) in [6.07, 6.45) is 0. The van der Waals surface area contributed by atoms with E-state index in [1.165, 1.54) is 26.0 Å². The van der Waals surface area contributed by atoms with Crippen molar-refractivity contribution in [2.45, 2.75) is 19.5 Å². The quantitative estimate of drug-likeness (QED) is 0.782. The molecule has 0 atom stereocenters. The van der Waals surface area contributed by atoms with Crippen LogP contribution in [-0.2, 0) is 0 Å². The van der Waals surface area contributed by atoms with Gasteiger partial charge in [-0.2, -0.15) is 0 Å². The Balaban J connectivity index is 2.55. The molecule has 72 valence electrons. The fourth-order valence-electron chi connectivity index (χ4n) is 0.828. The van der Waals surface area contributed by atoms with Crippen LogP contribution in [0.2, 0.25) is 0 Å². The lowest BCUT2D eigenvalue weighted by Crippen LogP contribution is -2.22. The van der Waals surface area contributed by atoms with Gasteiger partial charge in [0.05, 0.1) is 0 Å². The Morgan fingerprint density at radius 2 is 2.15 bits per heavy atom. The fourth-order valence-corrected chi connectivity index (χ4v) is 0.828. The minimum absolute atomic E-state index is 0.0174. The molecule has 0 amide bonds. The van der Waals surface area contributed by atoms with Crippen molar-refractivity contribution in [1.82, 2.24) is 0 Å². The molecule has 1 N–H and O–H groups in total. The van der Waals surface area contributed by atoms with E-state index < -0.39 is 5.67 Å². The highest BCUT2D eigenvalue weighted by Crippen LogP contribution is 2.19. The first-order valence-corrected chi connectivity index (χ1v) is 4.08. The van der Waals surface area contributed by atoms with Crippen molar-refractivity contribution in [3.63, 3.8) is 0 Å². The fraction of sp³-hybridized carbons (Fsp3) is 0.400. The zero-order valence-corrected chi connectivity index (χ0v) is 7.75. The minimum Gasteiger partial charge on any atom is -0.508 e. The van der Waals surface area contributed by atoms with Gasteiger partial charge in [-0.05, 0) is 26.0 Å². The van der Waals surface area contributed by atoms with Gasteiger partial charge >= 0.3 is 0 Å². The Bertz CT molecular complexity index is 278. The summed E-state index contributed by atoms with van der Waals surface area (Å²) in [5, 5.41) is 9.07. The van der Waals surface area contributed by atoms with E-state index in [0.29, 0.717) is 5.75 Å². The first kappa shape index (κ1) is 9.84. The SMILES string of the molecule is CC(C)(F)COc1cccc(O)c1. The number of alkyl halides is 1. The minimum atomic E-state index is -1.36. The van der Waals surface area contributed by atoms with Crippen LogP contribution in [0.3, 0.4) is 0 Å². The van der Waals surface area contributed by atoms with Gasteiger partial charge in [-0.15, -0.1) is 0 Å². The van der Waals surface area contributed by atoms with E-state index in [9.17, 15) is 4.39 Å². The molecule has 0 radical (unpaired) electrons. The van der Waals surface area contributed by atoms with Crippen molar-refractivity contribution in [3.8, 4) is 11.5 Å². The number of phenolic OH excluding ortho intramolecular Hbond substituents is 1. The van der Waals surface area contributed by atoms with Gasteiger partial charge in [0.25, 0.3) is 0 Å². The highest BCUT2D eigenvalue weighted by molar-refractivity contribution is 5.31. The lowest BCUT2D eigenvalue weighted by molar-refractivity contribution is 0.120. The van der Waals surface area contributed by atoms with Gasteiger partial charge in [0.15, 0.2) is 0 Å². The lowest BCUT2D eigenvalue weighted by Gasteiger charge is -2.14. The topological polar surface area (TPSA) is 29.5 Å². The van der Waals surface area contributed by atoms with Crippen LogP contribution in [0.5, 0.6) is 11.5 Å². The first-order chi connectivity index (χ1) is 5.97. The van der Waals surface area contributed by atoms with Crippen molar-refractivity contribution in [1.29, 1.82) is 0 Å². The molecule has 0 spiro atoms. The molecule has 0 heterocycles. The molecule has 0 bridgehead atoms. The Labute approximate surface area is 77.0 Å². The standard InChI is InChI=1S/C10H13FO2/c1-10(2,11)7-13-9-5-3-4-8(12)6-9/h3-6,12H,7H2,1-2H3.